The Morgan fingerprint density at radius 2 is 2.05 bits per heavy atom. The average molecular weight is 288 g/mol. The number of hydrogen-bond donors (Lipinski definition) is 0. The standard InChI is InChI=1S/C12H15F3N4O/c1-3-5-8(4-2)10-17-18-11(20-10)9-6-16-19(7-9)12(13,14)15/h6-8H,3-5H2,1-2H3. The lowest BCUT2D eigenvalue weighted by Gasteiger charge is -2.07. The first kappa shape index (κ1) is 14.5. The first-order valence-electron chi connectivity index (χ1n) is 6.41. The van der Waals surface area contributed by atoms with Crippen molar-refractivity contribution >= 4 is 0 Å². The van der Waals surface area contributed by atoms with Crippen LogP contribution >= 0.6 is 0 Å². The molecule has 0 aliphatic rings. The van der Waals surface area contributed by atoms with Gasteiger partial charge in [0.25, 0.3) is 5.89 Å². The topological polar surface area (TPSA) is 56.7 Å². The van der Waals surface area contributed by atoms with Crippen molar-refractivity contribution in [2.24, 2.45) is 0 Å². The molecule has 1 unspecified atom stereocenters. The van der Waals surface area contributed by atoms with Gasteiger partial charge in [0.1, 0.15) is 0 Å². The average Bonchev–Trinajstić information content (AvgIpc) is 3.02. The van der Waals surface area contributed by atoms with Crippen LogP contribution in [0.4, 0.5) is 13.2 Å². The second-order valence-electron chi connectivity index (χ2n) is 4.48. The fourth-order valence-corrected chi connectivity index (χ4v) is 1.94. The van der Waals surface area contributed by atoms with Crippen LogP contribution in [-0.2, 0) is 6.30 Å². The van der Waals surface area contributed by atoms with Crippen LogP contribution in [0.2, 0.25) is 0 Å². The van der Waals surface area contributed by atoms with Crippen molar-refractivity contribution in [2.45, 2.75) is 45.3 Å². The Morgan fingerprint density at radius 1 is 1.30 bits per heavy atom. The van der Waals surface area contributed by atoms with E-state index in [2.05, 4.69) is 15.3 Å². The first-order valence-corrected chi connectivity index (χ1v) is 6.41. The fourth-order valence-electron chi connectivity index (χ4n) is 1.94. The van der Waals surface area contributed by atoms with Gasteiger partial charge in [-0.2, -0.15) is 9.78 Å². The van der Waals surface area contributed by atoms with Crippen molar-refractivity contribution in [3.8, 4) is 11.5 Å². The molecule has 2 heterocycles. The molecule has 0 saturated heterocycles. The van der Waals surface area contributed by atoms with Gasteiger partial charge >= 0.3 is 6.30 Å². The Labute approximate surface area is 113 Å². The molecule has 2 aromatic rings. The quantitative estimate of drug-likeness (QED) is 0.841. The van der Waals surface area contributed by atoms with Crippen molar-refractivity contribution in [1.29, 1.82) is 0 Å². The van der Waals surface area contributed by atoms with Crippen LogP contribution < -0.4 is 0 Å². The number of rotatable bonds is 5. The summed E-state index contributed by atoms with van der Waals surface area (Å²) in [6.07, 6.45) is 0.0678. The van der Waals surface area contributed by atoms with Crippen molar-refractivity contribution in [1.82, 2.24) is 20.0 Å². The van der Waals surface area contributed by atoms with Gasteiger partial charge in [-0.15, -0.1) is 23.4 Å². The molecule has 2 rings (SSSR count). The summed E-state index contributed by atoms with van der Waals surface area (Å²) in [6, 6.07) is 0. The van der Waals surface area contributed by atoms with E-state index in [-0.39, 0.29) is 22.1 Å². The summed E-state index contributed by atoms with van der Waals surface area (Å²) in [5.74, 6) is 0.660. The van der Waals surface area contributed by atoms with E-state index in [9.17, 15) is 13.2 Å². The zero-order chi connectivity index (χ0) is 14.8. The normalized spacial score (nSPS) is 13.7. The summed E-state index contributed by atoms with van der Waals surface area (Å²) in [4.78, 5) is 0. The highest BCUT2D eigenvalue weighted by Crippen LogP contribution is 2.28. The Morgan fingerprint density at radius 3 is 2.60 bits per heavy atom. The molecule has 0 fully saturated rings. The van der Waals surface area contributed by atoms with Crippen molar-refractivity contribution in [3.05, 3.63) is 18.3 Å². The first-order chi connectivity index (χ1) is 9.45. The van der Waals surface area contributed by atoms with Crippen LogP contribution in [0.15, 0.2) is 16.8 Å². The molecule has 0 aliphatic carbocycles. The number of alkyl halides is 3. The van der Waals surface area contributed by atoms with E-state index in [1.165, 1.54) is 0 Å². The molecular weight excluding hydrogens is 273 g/mol. The molecule has 0 amide bonds. The minimum absolute atomic E-state index is 0.0602. The lowest BCUT2D eigenvalue weighted by molar-refractivity contribution is -0.212. The smallest absolute Gasteiger partial charge is 0.420 e. The number of aromatic nitrogens is 4. The molecule has 0 radical (unpaired) electrons. The number of hydrogen-bond acceptors (Lipinski definition) is 4. The second kappa shape index (κ2) is 5.64. The van der Waals surface area contributed by atoms with Gasteiger partial charge in [-0.25, -0.2) is 0 Å². The Balaban J connectivity index is 2.22. The summed E-state index contributed by atoms with van der Waals surface area (Å²) in [7, 11) is 0. The number of halogens is 3. The van der Waals surface area contributed by atoms with Crippen LogP contribution in [-0.4, -0.2) is 20.0 Å². The van der Waals surface area contributed by atoms with Gasteiger partial charge in [0, 0.05) is 12.1 Å². The highest BCUT2D eigenvalue weighted by Gasteiger charge is 2.32. The summed E-state index contributed by atoms with van der Waals surface area (Å²) in [5, 5.41) is 11.0. The SMILES string of the molecule is CCCC(CC)c1nnc(-c2cnn(C(F)(F)F)c2)o1. The van der Waals surface area contributed by atoms with E-state index in [4.69, 9.17) is 4.42 Å². The second-order valence-corrected chi connectivity index (χ2v) is 4.48. The van der Waals surface area contributed by atoms with E-state index < -0.39 is 6.30 Å². The maximum absolute atomic E-state index is 12.4. The van der Waals surface area contributed by atoms with Crippen molar-refractivity contribution in [2.75, 3.05) is 0 Å². The van der Waals surface area contributed by atoms with Gasteiger partial charge in [0.2, 0.25) is 5.89 Å². The fraction of sp³-hybridized carbons (Fsp3) is 0.583. The third-order valence-electron chi connectivity index (χ3n) is 3.01. The predicted octanol–water partition coefficient (Wildman–Crippen LogP) is 3.70. The third kappa shape index (κ3) is 3.00. The Bertz CT molecular complexity index is 561. The van der Waals surface area contributed by atoms with Crippen molar-refractivity contribution in [3.63, 3.8) is 0 Å². The molecular formula is C12H15F3N4O. The van der Waals surface area contributed by atoms with Crippen molar-refractivity contribution < 1.29 is 17.6 Å². The lowest BCUT2D eigenvalue weighted by Crippen LogP contribution is -2.16. The summed E-state index contributed by atoms with van der Waals surface area (Å²) in [5.41, 5.74) is 0.160. The van der Waals surface area contributed by atoms with E-state index in [1.807, 2.05) is 13.8 Å². The van der Waals surface area contributed by atoms with Crippen LogP contribution in [0.1, 0.15) is 44.9 Å². The minimum Gasteiger partial charge on any atom is -0.420 e. The van der Waals surface area contributed by atoms with Gasteiger partial charge in [0.15, 0.2) is 0 Å². The van der Waals surface area contributed by atoms with Gasteiger partial charge in [-0.3, -0.25) is 0 Å². The Hall–Kier alpha value is -1.86. The monoisotopic (exact) mass is 288 g/mol. The molecule has 5 nitrogen and oxygen atoms in total. The van der Waals surface area contributed by atoms with Gasteiger partial charge in [-0.05, 0) is 12.8 Å². The van der Waals surface area contributed by atoms with Gasteiger partial charge in [-0.1, -0.05) is 20.3 Å². The highest BCUT2D eigenvalue weighted by molar-refractivity contribution is 5.49. The molecule has 1 atom stereocenters. The molecule has 0 saturated carbocycles. The number of nitrogens with zero attached hydrogens (tertiary/aromatic N) is 4. The van der Waals surface area contributed by atoms with E-state index in [0.29, 0.717) is 5.89 Å². The van der Waals surface area contributed by atoms with Gasteiger partial charge < -0.3 is 4.42 Å². The molecule has 110 valence electrons. The minimum atomic E-state index is -4.55. The van der Waals surface area contributed by atoms with E-state index in [0.717, 1.165) is 31.7 Å². The Kier molecular flexibility index (Phi) is 4.10. The third-order valence-corrected chi connectivity index (χ3v) is 3.01. The molecule has 0 spiro atoms. The highest BCUT2D eigenvalue weighted by atomic mass is 19.4. The zero-order valence-corrected chi connectivity index (χ0v) is 11.2. The summed E-state index contributed by atoms with van der Waals surface area (Å²) >= 11 is 0. The summed E-state index contributed by atoms with van der Waals surface area (Å²) < 4.78 is 42.7. The zero-order valence-electron chi connectivity index (χ0n) is 11.2. The van der Waals surface area contributed by atoms with E-state index >= 15 is 0 Å². The molecule has 0 aromatic carbocycles. The van der Waals surface area contributed by atoms with Crippen LogP contribution in [0.3, 0.4) is 0 Å². The van der Waals surface area contributed by atoms with Crippen LogP contribution in [0.25, 0.3) is 11.5 Å². The molecule has 0 N–H and O–H groups in total. The van der Waals surface area contributed by atoms with E-state index in [1.54, 1.807) is 0 Å². The maximum atomic E-state index is 12.4. The summed E-state index contributed by atoms with van der Waals surface area (Å²) in [6.45, 7) is 4.05. The molecule has 0 bridgehead atoms. The molecule has 0 aliphatic heterocycles. The molecule has 2 aromatic heterocycles. The lowest BCUT2D eigenvalue weighted by atomic mass is 10.0. The molecule has 20 heavy (non-hydrogen) atoms. The van der Waals surface area contributed by atoms with Gasteiger partial charge in [0.05, 0.1) is 11.8 Å². The largest absolute Gasteiger partial charge is 0.504 e. The predicted molar refractivity (Wildman–Crippen MR) is 64.8 cm³/mol. The molecule has 8 heteroatoms. The maximum Gasteiger partial charge on any atom is 0.504 e. The van der Waals surface area contributed by atoms with Crippen LogP contribution in [0.5, 0.6) is 0 Å². The van der Waals surface area contributed by atoms with Crippen LogP contribution in [0, 0.1) is 0 Å².